The van der Waals surface area contributed by atoms with Crippen LogP contribution in [0.2, 0.25) is 5.02 Å². The van der Waals surface area contributed by atoms with Gasteiger partial charge in [0.25, 0.3) is 0 Å². The van der Waals surface area contributed by atoms with Crippen LogP contribution in [0.15, 0.2) is 36.4 Å². The molecular formula is C19H18ClNO4S. The first-order valence-electron chi connectivity index (χ1n) is 8.20. The number of ketones is 1. The van der Waals surface area contributed by atoms with E-state index in [1.165, 1.54) is 18.3 Å². The summed E-state index contributed by atoms with van der Waals surface area (Å²) in [7, 11) is 0. The summed E-state index contributed by atoms with van der Waals surface area (Å²) in [6.07, 6.45) is 1.42. The van der Waals surface area contributed by atoms with E-state index in [1.54, 1.807) is 24.3 Å². The van der Waals surface area contributed by atoms with Crippen LogP contribution in [-0.2, 0) is 26.3 Å². The maximum atomic E-state index is 12.5. The van der Waals surface area contributed by atoms with Gasteiger partial charge in [0.2, 0.25) is 11.7 Å². The molecule has 1 fully saturated rings. The zero-order valence-corrected chi connectivity index (χ0v) is 15.8. The molecule has 1 N–H and O–H groups in total. The van der Waals surface area contributed by atoms with Gasteiger partial charge in [-0.05, 0) is 42.7 Å². The van der Waals surface area contributed by atoms with E-state index >= 15 is 0 Å². The molecule has 1 saturated carbocycles. The monoisotopic (exact) mass is 391 g/mol. The van der Waals surface area contributed by atoms with E-state index in [4.69, 9.17) is 16.3 Å². The normalized spacial score (nSPS) is 14.5. The lowest BCUT2D eigenvalue weighted by Crippen LogP contribution is -2.25. The van der Waals surface area contributed by atoms with Crippen molar-refractivity contribution in [2.75, 3.05) is 6.61 Å². The molecule has 1 heterocycles. The van der Waals surface area contributed by atoms with Gasteiger partial charge in [0.05, 0.1) is 16.8 Å². The summed E-state index contributed by atoms with van der Waals surface area (Å²) in [6.45, 7) is 1.54. The first-order chi connectivity index (χ1) is 12.4. The molecule has 0 aliphatic heterocycles. The molecule has 1 aromatic heterocycles. The van der Waals surface area contributed by atoms with Gasteiger partial charge in [-0.3, -0.25) is 14.4 Å². The molecule has 3 rings (SSSR count). The summed E-state index contributed by atoms with van der Waals surface area (Å²) in [5, 5.41) is 3.29. The van der Waals surface area contributed by atoms with Crippen LogP contribution in [0.1, 0.15) is 39.9 Å². The van der Waals surface area contributed by atoms with Crippen LogP contribution in [0.4, 0.5) is 0 Å². The first-order valence-corrected chi connectivity index (χ1v) is 9.40. The SMILES string of the molecule is CC(=O)NCc1ccc(C(=O)COC(=O)C2(c3ccc(Cl)cc3)CC2)s1. The smallest absolute Gasteiger partial charge is 0.317 e. The number of hydrogen-bond donors (Lipinski definition) is 1. The molecule has 0 spiro atoms. The second-order valence-electron chi connectivity index (χ2n) is 6.26. The lowest BCUT2D eigenvalue weighted by Gasteiger charge is -2.14. The number of carbonyl (C=O) groups excluding carboxylic acids is 3. The molecule has 7 heteroatoms. The number of halogens is 1. The number of amides is 1. The highest BCUT2D eigenvalue weighted by molar-refractivity contribution is 7.14. The maximum absolute atomic E-state index is 12.5. The summed E-state index contributed by atoms with van der Waals surface area (Å²) in [4.78, 5) is 37.0. The minimum absolute atomic E-state index is 0.128. The number of Topliss-reactive ketones (excluding diaryl/α,β-unsaturated/α-hetero) is 1. The molecule has 1 aliphatic rings. The topological polar surface area (TPSA) is 72.5 Å². The van der Waals surface area contributed by atoms with Crippen molar-refractivity contribution in [1.82, 2.24) is 5.32 Å². The Hall–Kier alpha value is -2.18. The molecular weight excluding hydrogens is 374 g/mol. The van der Waals surface area contributed by atoms with Gasteiger partial charge in [0.15, 0.2) is 6.61 Å². The van der Waals surface area contributed by atoms with E-state index in [0.29, 0.717) is 29.3 Å². The van der Waals surface area contributed by atoms with Crippen LogP contribution >= 0.6 is 22.9 Å². The summed E-state index contributed by atoms with van der Waals surface area (Å²) in [6, 6.07) is 10.6. The lowest BCUT2D eigenvalue weighted by atomic mass is 9.96. The van der Waals surface area contributed by atoms with Gasteiger partial charge >= 0.3 is 5.97 Å². The average molecular weight is 392 g/mol. The molecule has 1 aromatic carbocycles. The van der Waals surface area contributed by atoms with E-state index in [0.717, 1.165) is 10.4 Å². The van der Waals surface area contributed by atoms with Crippen molar-refractivity contribution < 1.29 is 19.1 Å². The fraction of sp³-hybridized carbons (Fsp3) is 0.316. The number of carbonyl (C=O) groups is 3. The molecule has 0 radical (unpaired) electrons. The summed E-state index contributed by atoms with van der Waals surface area (Å²) in [5.41, 5.74) is 0.227. The molecule has 0 bridgehead atoms. The zero-order valence-electron chi connectivity index (χ0n) is 14.2. The number of hydrogen-bond acceptors (Lipinski definition) is 5. The number of rotatable bonds is 7. The minimum atomic E-state index is -0.642. The van der Waals surface area contributed by atoms with Crippen molar-refractivity contribution in [2.24, 2.45) is 0 Å². The molecule has 2 aromatic rings. The second-order valence-corrected chi connectivity index (χ2v) is 7.87. The third-order valence-corrected chi connectivity index (χ3v) is 5.70. The first kappa shape index (κ1) is 18.6. The van der Waals surface area contributed by atoms with Crippen LogP contribution in [0.5, 0.6) is 0 Å². The van der Waals surface area contributed by atoms with Crippen molar-refractivity contribution in [1.29, 1.82) is 0 Å². The number of ether oxygens (including phenoxy) is 1. The van der Waals surface area contributed by atoms with Crippen molar-refractivity contribution in [3.05, 3.63) is 56.7 Å². The fourth-order valence-corrected chi connectivity index (χ4v) is 3.68. The number of benzene rings is 1. The van der Waals surface area contributed by atoms with Gasteiger partial charge in [0, 0.05) is 16.8 Å². The minimum Gasteiger partial charge on any atom is -0.457 e. The van der Waals surface area contributed by atoms with Crippen LogP contribution in [0, 0.1) is 0 Å². The quantitative estimate of drug-likeness (QED) is 0.579. The van der Waals surface area contributed by atoms with E-state index < -0.39 is 5.41 Å². The van der Waals surface area contributed by atoms with Gasteiger partial charge < -0.3 is 10.1 Å². The molecule has 5 nitrogen and oxygen atoms in total. The molecule has 26 heavy (non-hydrogen) atoms. The zero-order chi connectivity index (χ0) is 18.7. The number of nitrogens with one attached hydrogen (secondary N) is 1. The summed E-state index contributed by atoms with van der Waals surface area (Å²) < 4.78 is 5.29. The Morgan fingerprint density at radius 3 is 2.46 bits per heavy atom. The van der Waals surface area contributed by atoms with Crippen LogP contribution < -0.4 is 5.32 Å². The number of thiophene rings is 1. The van der Waals surface area contributed by atoms with Crippen LogP contribution in [0.3, 0.4) is 0 Å². The molecule has 1 aliphatic carbocycles. The van der Waals surface area contributed by atoms with Gasteiger partial charge in [0.1, 0.15) is 0 Å². The molecule has 0 unspecified atom stereocenters. The largest absolute Gasteiger partial charge is 0.457 e. The maximum Gasteiger partial charge on any atom is 0.317 e. The van der Waals surface area contributed by atoms with Crippen molar-refractivity contribution >= 4 is 40.6 Å². The predicted octanol–water partition coefficient (Wildman–Crippen LogP) is 3.50. The molecule has 136 valence electrons. The highest BCUT2D eigenvalue weighted by atomic mass is 35.5. The van der Waals surface area contributed by atoms with Gasteiger partial charge in [-0.15, -0.1) is 11.3 Å². The Balaban J connectivity index is 1.57. The Morgan fingerprint density at radius 1 is 1.15 bits per heavy atom. The summed E-state index contributed by atoms with van der Waals surface area (Å²) in [5.74, 6) is -0.746. The fourth-order valence-electron chi connectivity index (χ4n) is 2.68. The van der Waals surface area contributed by atoms with E-state index in [-0.39, 0.29) is 24.3 Å². The third kappa shape index (κ3) is 4.14. The summed E-state index contributed by atoms with van der Waals surface area (Å²) >= 11 is 7.18. The predicted molar refractivity (Wildman–Crippen MR) is 99.5 cm³/mol. The van der Waals surface area contributed by atoms with Crippen molar-refractivity contribution in [2.45, 2.75) is 31.7 Å². The number of esters is 1. The Morgan fingerprint density at radius 2 is 1.85 bits per heavy atom. The van der Waals surface area contributed by atoms with E-state index in [1.807, 2.05) is 12.1 Å². The van der Waals surface area contributed by atoms with Crippen LogP contribution in [-0.4, -0.2) is 24.3 Å². The average Bonchev–Trinajstić information content (AvgIpc) is 3.29. The van der Waals surface area contributed by atoms with Crippen LogP contribution in [0.25, 0.3) is 0 Å². The van der Waals surface area contributed by atoms with E-state index in [2.05, 4.69) is 5.32 Å². The molecule has 0 saturated heterocycles. The Labute approximate surface area is 160 Å². The second kappa shape index (κ2) is 7.60. The Bertz CT molecular complexity index is 839. The lowest BCUT2D eigenvalue weighted by molar-refractivity contribution is -0.145. The van der Waals surface area contributed by atoms with Gasteiger partial charge in [-0.25, -0.2) is 0 Å². The molecule has 0 atom stereocenters. The molecule has 1 amide bonds. The van der Waals surface area contributed by atoms with E-state index in [9.17, 15) is 14.4 Å². The van der Waals surface area contributed by atoms with Crippen molar-refractivity contribution in [3.8, 4) is 0 Å². The standard InChI is InChI=1S/C19H18ClNO4S/c1-12(22)21-10-15-6-7-17(26-15)16(23)11-25-18(24)19(8-9-19)13-2-4-14(20)5-3-13/h2-7H,8-11H2,1H3,(H,21,22). The Kier molecular flexibility index (Phi) is 5.44. The van der Waals surface area contributed by atoms with Crippen molar-refractivity contribution in [3.63, 3.8) is 0 Å². The highest BCUT2D eigenvalue weighted by Crippen LogP contribution is 2.49. The van der Waals surface area contributed by atoms with Gasteiger partial charge in [-0.2, -0.15) is 0 Å². The third-order valence-electron chi connectivity index (χ3n) is 4.32. The van der Waals surface area contributed by atoms with Gasteiger partial charge in [-0.1, -0.05) is 23.7 Å². The highest BCUT2D eigenvalue weighted by Gasteiger charge is 2.52.